The summed E-state index contributed by atoms with van der Waals surface area (Å²) in [6.45, 7) is 4.65. The summed E-state index contributed by atoms with van der Waals surface area (Å²) in [7, 11) is -4.73. The number of aliphatic hydroxyl groups excluding tert-OH is 1. The van der Waals surface area contributed by atoms with Crippen LogP contribution in [0.5, 0.6) is 0 Å². The van der Waals surface area contributed by atoms with Crippen LogP contribution in [0, 0.1) is 0 Å². The van der Waals surface area contributed by atoms with Crippen molar-refractivity contribution in [3.8, 4) is 0 Å². The molecule has 0 amide bonds. The number of unbranched alkanes of at least 4 members (excludes halogenated alkanes) is 33. The monoisotopic (exact) mass is 959 g/mol. The van der Waals surface area contributed by atoms with Crippen LogP contribution in [0.2, 0.25) is 0 Å². The summed E-state index contributed by atoms with van der Waals surface area (Å²) in [4.78, 5) is 48.3. The fourth-order valence-corrected chi connectivity index (χ4v) is 8.72. The molecule has 66 heavy (non-hydrogen) atoms. The lowest BCUT2D eigenvalue weighted by Crippen LogP contribution is -2.30. The molecule has 0 aliphatic rings. The number of phosphoric acid groups is 1. The van der Waals surface area contributed by atoms with Crippen molar-refractivity contribution in [3.63, 3.8) is 0 Å². The predicted octanol–water partition coefficient (Wildman–Crippen LogP) is 15.7. The number of phosphoric ester groups is 1. The maximum atomic E-state index is 12.9. The van der Waals surface area contributed by atoms with Crippen molar-refractivity contribution in [2.45, 2.75) is 290 Å². The summed E-state index contributed by atoms with van der Waals surface area (Å²) in [5.74, 6) is -1.45. The second kappa shape index (κ2) is 49.6. The smallest absolute Gasteiger partial charge is 0.462 e. The Kier molecular flexibility index (Phi) is 48.3. The van der Waals surface area contributed by atoms with Crippen LogP contribution in [0.15, 0.2) is 12.2 Å². The summed E-state index contributed by atoms with van der Waals surface area (Å²) >= 11 is 0. The Morgan fingerprint density at radius 3 is 1.05 bits per heavy atom. The SMILES string of the molecule is CCCCCCCC/C=C\CCCCCCCCCC(=O)OC(COC(=O)CCCCCCCCCCCCCCC)COP(=O)(O)OCC(CO)OC(=O)CCCCCCCCCCC. The van der Waals surface area contributed by atoms with Crippen molar-refractivity contribution in [2.75, 3.05) is 26.4 Å². The molecule has 0 aliphatic heterocycles. The van der Waals surface area contributed by atoms with Gasteiger partial charge in [0.25, 0.3) is 0 Å². The minimum absolute atomic E-state index is 0.169. The van der Waals surface area contributed by atoms with Crippen molar-refractivity contribution in [1.29, 1.82) is 0 Å². The first kappa shape index (κ1) is 64.2. The van der Waals surface area contributed by atoms with Gasteiger partial charge in [-0.2, -0.15) is 0 Å². The molecule has 2 N–H and O–H groups in total. The summed E-state index contributed by atoms with van der Waals surface area (Å²) < 4.78 is 39.4. The number of hydrogen-bond donors (Lipinski definition) is 2. The van der Waals surface area contributed by atoms with Crippen LogP contribution in [-0.2, 0) is 42.2 Å². The molecule has 0 aromatic rings. The molecule has 0 saturated carbocycles. The minimum Gasteiger partial charge on any atom is -0.462 e. The van der Waals surface area contributed by atoms with E-state index in [9.17, 15) is 28.9 Å². The molecule has 0 aromatic heterocycles. The van der Waals surface area contributed by atoms with Gasteiger partial charge in [-0.1, -0.05) is 226 Å². The van der Waals surface area contributed by atoms with E-state index in [0.29, 0.717) is 19.3 Å². The molecule has 0 spiro atoms. The van der Waals surface area contributed by atoms with E-state index < -0.39 is 57.8 Å². The lowest BCUT2D eigenvalue weighted by molar-refractivity contribution is -0.161. The molecule has 390 valence electrons. The summed E-state index contributed by atoms with van der Waals surface area (Å²) in [5.41, 5.74) is 0. The molecule has 0 bridgehead atoms. The van der Waals surface area contributed by atoms with E-state index in [2.05, 4.69) is 32.9 Å². The second-order valence-corrected chi connectivity index (χ2v) is 20.2. The zero-order valence-electron chi connectivity index (χ0n) is 42.9. The van der Waals surface area contributed by atoms with E-state index in [1.807, 2.05) is 0 Å². The first-order valence-corrected chi connectivity index (χ1v) is 29.1. The van der Waals surface area contributed by atoms with E-state index in [-0.39, 0.29) is 25.9 Å². The highest BCUT2D eigenvalue weighted by Gasteiger charge is 2.28. The van der Waals surface area contributed by atoms with E-state index in [0.717, 1.165) is 64.2 Å². The third-order valence-electron chi connectivity index (χ3n) is 12.2. The molecule has 0 rings (SSSR count). The van der Waals surface area contributed by atoms with Gasteiger partial charge in [-0.25, -0.2) is 4.57 Å². The highest BCUT2D eigenvalue weighted by atomic mass is 31.2. The molecule has 12 heteroatoms. The van der Waals surface area contributed by atoms with Crippen molar-refractivity contribution in [2.24, 2.45) is 0 Å². The molecule has 11 nitrogen and oxygen atoms in total. The standard InChI is InChI=1S/C54H103O11P/c1-4-7-10-13-16-19-21-23-24-25-26-28-30-33-36-39-42-45-54(58)65-51(47-61-52(56)43-40-37-34-32-29-27-22-20-17-14-11-8-5-2)49-63-66(59,60)62-48-50(46-55)64-53(57)44-41-38-35-31-18-15-12-9-6-3/h23-24,50-51,55H,4-22,25-49H2,1-3H3,(H,59,60)/b24-23-. The molecule has 3 unspecified atom stereocenters. The van der Waals surface area contributed by atoms with Gasteiger partial charge < -0.3 is 24.2 Å². The summed E-state index contributed by atoms with van der Waals surface area (Å²) in [6.07, 6.45) is 46.1. The normalized spacial score (nSPS) is 13.5. The topological polar surface area (TPSA) is 155 Å². The average Bonchev–Trinajstić information content (AvgIpc) is 3.30. The molecule has 0 aromatic carbocycles. The fraction of sp³-hybridized carbons (Fsp3) is 0.907. The highest BCUT2D eigenvalue weighted by Crippen LogP contribution is 2.43. The van der Waals surface area contributed by atoms with Crippen LogP contribution in [0.25, 0.3) is 0 Å². The molecule has 0 fully saturated rings. The fourth-order valence-electron chi connectivity index (χ4n) is 7.94. The summed E-state index contributed by atoms with van der Waals surface area (Å²) in [6, 6.07) is 0. The van der Waals surface area contributed by atoms with Gasteiger partial charge in [0, 0.05) is 19.3 Å². The molecule has 0 heterocycles. The number of allylic oxidation sites excluding steroid dienone is 2. The Morgan fingerprint density at radius 2 is 0.697 bits per heavy atom. The Labute approximate surface area is 405 Å². The van der Waals surface area contributed by atoms with Gasteiger partial charge in [0.15, 0.2) is 6.10 Å². The van der Waals surface area contributed by atoms with Gasteiger partial charge in [-0.05, 0) is 44.9 Å². The first-order valence-electron chi connectivity index (χ1n) is 27.6. The number of carbonyl (C=O) groups excluding carboxylic acids is 3. The van der Waals surface area contributed by atoms with Crippen molar-refractivity contribution >= 4 is 25.7 Å². The Balaban J connectivity index is 4.69. The van der Waals surface area contributed by atoms with Crippen molar-refractivity contribution in [1.82, 2.24) is 0 Å². The van der Waals surface area contributed by atoms with Crippen LogP contribution in [0.1, 0.15) is 278 Å². The number of aliphatic hydroxyl groups is 1. The molecule has 0 aliphatic carbocycles. The van der Waals surface area contributed by atoms with Gasteiger partial charge in [-0.15, -0.1) is 0 Å². The maximum Gasteiger partial charge on any atom is 0.472 e. The van der Waals surface area contributed by atoms with Gasteiger partial charge in [0.05, 0.1) is 19.8 Å². The van der Waals surface area contributed by atoms with E-state index >= 15 is 0 Å². The predicted molar refractivity (Wildman–Crippen MR) is 270 cm³/mol. The van der Waals surface area contributed by atoms with E-state index in [4.69, 9.17) is 23.3 Å². The largest absolute Gasteiger partial charge is 0.472 e. The molecule has 0 radical (unpaired) electrons. The molecular weight excluding hydrogens is 856 g/mol. The molecule has 0 saturated heterocycles. The first-order chi connectivity index (χ1) is 32.2. The molecular formula is C54H103O11P. The Hall–Kier alpha value is -1.78. The zero-order chi connectivity index (χ0) is 48.4. The highest BCUT2D eigenvalue weighted by molar-refractivity contribution is 7.47. The third kappa shape index (κ3) is 47.3. The lowest BCUT2D eigenvalue weighted by atomic mass is 10.0. The van der Waals surface area contributed by atoms with Crippen molar-refractivity contribution in [3.05, 3.63) is 12.2 Å². The van der Waals surface area contributed by atoms with E-state index in [1.54, 1.807) is 0 Å². The van der Waals surface area contributed by atoms with Crippen LogP contribution in [0.4, 0.5) is 0 Å². The van der Waals surface area contributed by atoms with Gasteiger partial charge in [-0.3, -0.25) is 23.4 Å². The van der Waals surface area contributed by atoms with Gasteiger partial charge in [0.2, 0.25) is 0 Å². The quantitative estimate of drug-likeness (QED) is 0.0197. The number of esters is 3. The van der Waals surface area contributed by atoms with Crippen LogP contribution in [-0.4, -0.2) is 66.5 Å². The average molecular weight is 959 g/mol. The van der Waals surface area contributed by atoms with Crippen molar-refractivity contribution < 1.29 is 52.2 Å². The van der Waals surface area contributed by atoms with E-state index in [1.165, 1.54) is 154 Å². The van der Waals surface area contributed by atoms with Gasteiger partial charge in [0.1, 0.15) is 12.7 Å². The number of hydrogen-bond acceptors (Lipinski definition) is 10. The minimum atomic E-state index is -4.73. The van der Waals surface area contributed by atoms with Crippen LogP contribution < -0.4 is 0 Å². The number of ether oxygens (including phenoxy) is 3. The third-order valence-corrected chi connectivity index (χ3v) is 13.1. The number of rotatable bonds is 52. The maximum absolute atomic E-state index is 12.9. The van der Waals surface area contributed by atoms with Crippen LogP contribution >= 0.6 is 7.82 Å². The molecule has 3 atom stereocenters. The van der Waals surface area contributed by atoms with Crippen LogP contribution in [0.3, 0.4) is 0 Å². The Morgan fingerprint density at radius 1 is 0.409 bits per heavy atom. The van der Waals surface area contributed by atoms with Gasteiger partial charge >= 0.3 is 25.7 Å². The Bertz CT molecular complexity index is 1160. The summed E-state index contributed by atoms with van der Waals surface area (Å²) in [5, 5.41) is 9.75. The number of carbonyl (C=O) groups is 3. The lowest BCUT2D eigenvalue weighted by Gasteiger charge is -2.21. The zero-order valence-corrected chi connectivity index (χ0v) is 43.8. The second-order valence-electron chi connectivity index (χ2n) is 18.8.